The molecule has 1 fully saturated rings. The van der Waals surface area contributed by atoms with Gasteiger partial charge in [-0.05, 0) is 48.5 Å². The number of halogens is 3. The Morgan fingerprint density at radius 3 is 2.00 bits per heavy atom. The van der Waals surface area contributed by atoms with E-state index in [2.05, 4.69) is 0 Å². The molecule has 0 aliphatic carbocycles. The smallest absolute Gasteiger partial charge is 0.416 e. The van der Waals surface area contributed by atoms with Crippen molar-refractivity contribution in [1.29, 1.82) is 0 Å². The molecular weight excluding hydrogens is 487 g/mol. The first kappa shape index (κ1) is 26.8. The fourth-order valence-electron chi connectivity index (χ4n) is 3.65. The topological polar surface area (TPSA) is 79.4 Å². The molecule has 35 heavy (non-hydrogen) atoms. The van der Waals surface area contributed by atoms with Gasteiger partial charge in [-0.1, -0.05) is 0 Å². The molecule has 0 bridgehead atoms. The van der Waals surface area contributed by atoms with Gasteiger partial charge in [0.25, 0.3) is 0 Å². The van der Waals surface area contributed by atoms with Crippen LogP contribution in [0, 0.1) is 0 Å². The summed E-state index contributed by atoms with van der Waals surface area (Å²) in [5.41, 5.74) is -0.455. The Morgan fingerprint density at radius 1 is 1.03 bits per heavy atom. The standard InChI is InChI=1S/C23H28F3N3O5S/c1-27(2)22(30)21(28-12-14-33-15-13-28)16-29(35(3,31)32)18-6-10-20(11-7-18)34-19-8-4-17(5-9-19)23(24,25)26/h4-11,21H,12-16H2,1-3H3/t21-/m0/s1. The monoisotopic (exact) mass is 515 g/mol. The molecular formula is C23H28F3N3O5S. The van der Waals surface area contributed by atoms with Gasteiger partial charge in [0.05, 0.1) is 37.3 Å². The van der Waals surface area contributed by atoms with Crippen LogP contribution in [0.25, 0.3) is 0 Å². The number of carbonyl (C=O) groups excluding carboxylic acids is 1. The molecule has 0 radical (unpaired) electrons. The summed E-state index contributed by atoms with van der Waals surface area (Å²) in [5, 5.41) is 0. The molecule has 1 atom stereocenters. The van der Waals surface area contributed by atoms with Gasteiger partial charge in [-0.2, -0.15) is 13.2 Å². The number of anilines is 1. The fourth-order valence-corrected chi connectivity index (χ4v) is 4.57. The molecule has 192 valence electrons. The number of nitrogens with zero attached hydrogens (tertiary/aromatic N) is 3. The summed E-state index contributed by atoms with van der Waals surface area (Å²) in [6, 6.07) is 9.63. The Kier molecular flexibility index (Phi) is 8.29. The predicted molar refractivity (Wildman–Crippen MR) is 125 cm³/mol. The quantitative estimate of drug-likeness (QED) is 0.538. The highest BCUT2D eigenvalue weighted by Crippen LogP contribution is 2.32. The zero-order valence-electron chi connectivity index (χ0n) is 19.7. The maximum Gasteiger partial charge on any atom is 0.416 e. The Hall–Kier alpha value is -2.83. The lowest BCUT2D eigenvalue weighted by Crippen LogP contribution is -2.56. The first-order valence-corrected chi connectivity index (χ1v) is 12.7. The highest BCUT2D eigenvalue weighted by Gasteiger charge is 2.33. The van der Waals surface area contributed by atoms with E-state index in [0.717, 1.165) is 22.7 Å². The predicted octanol–water partition coefficient (Wildman–Crippen LogP) is 3.05. The minimum atomic E-state index is -4.44. The summed E-state index contributed by atoms with van der Waals surface area (Å²) >= 11 is 0. The molecule has 1 aliphatic rings. The molecule has 0 saturated carbocycles. The number of morpholine rings is 1. The van der Waals surface area contributed by atoms with Crippen LogP contribution in [0.5, 0.6) is 11.5 Å². The number of hydrogen-bond acceptors (Lipinski definition) is 6. The second-order valence-electron chi connectivity index (χ2n) is 8.31. The lowest BCUT2D eigenvalue weighted by Gasteiger charge is -2.37. The number of benzene rings is 2. The zero-order valence-corrected chi connectivity index (χ0v) is 20.5. The Labute approximate surface area is 202 Å². The molecule has 12 heteroatoms. The van der Waals surface area contributed by atoms with E-state index in [4.69, 9.17) is 9.47 Å². The molecule has 2 aromatic rings. The number of likely N-dealkylation sites (N-methyl/N-ethyl adjacent to an activating group) is 1. The average molecular weight is 516 g/mol. The number of rotatable bonds is 8. The summed E-state index contributed by atoms with van der Waals surface area (Å²) in [4.78, 5) is 16.3. The van der Waals surface area contributed by atoms with Gasteiger partial charge in [-0.15, -0.1) is 0 Å². The van der Waals surface area contributed by atoms with Gasteiger partial charge in [0.1, 0.15) is 17.5 Å². The van der Waals surface area contributed by atoms with Crippen LogP contribution in [0.3, 0.4) is 0 Å². The van der Waals surface area contributed by atoms with Crippen LogP contribution in [0.2, 0.25) is 0 Å². The van der Waals surface area contributed by atoms with Gasteiger partial charge in [0.15, 0.2) is 0 Å². The van der Waals surface area contributed by atoms with Crippen molar-refractivity contribution in [1.82, 2.24) is 9.80 Å². The minimum absolute atomic E-state index is 0.0883. The van der Waals surface area contributed by atoms with Crippen molar-refractivity contribution in [2.75, 3.05) is 57.5 Å². The maximum atomic E-state index is 12.9. The van der Waals surface area contributed by atoms with Crippen molar-refractivity contribution in [3.8, 4) is 11.5 Å². The van der Waals surface area contributed by atoms with Crippen LogP contribution in [0.1, 0.15) is 5.56 Å². The summed E-state index contributed by atoms with van der Waals surface area (Å²) in [6.07, 6.45) is -3.38. The van der Waals surface area contributed by atoms with Crippen LogP contribution >= 0.6 is 0 Å². The van der Waals surface area contributed by atoms with E-state index < -0.39 is 27.8 Å². The van der Waals surface area contributed by atoms with Gasteiger partial charge < -0.3 is 14.4 Å². The highest BCUT2D eigenvalue weighted by molar-refractivity contribution is 7.92. The first-order chi connectivity index (χ1) is 16.4. The second kappa shape index (κ2) is 10.8. The molecule has 8 nitrogen and oxygen atoms in total. The average Bonchev–Trinajstić information content (AvgIpc) is 2.79. The summed E-state index contributed by atoms with van der Waals surface area (Å²) < 4.78 is 75.7. The van der Waals surface area contributed by atoms with Crippen molar-refractivity contribution < 1.29 is 35.9 Å². The molecule has 0 spiro atoms. The lowest BCUT2D eigenvalue weighted by atomic mass is 10.2. The molecule has 2 aromatic carbocycles. The molecule has 0 unspecified atom stereocenters. The zero-order chi connectivity index (χ0) is 25.8. The third-order valence-electron chi connectivity index (χ3n) is 5.49. The minimum Gasteiger partial charge on any atom is -0.457 e. The number of alkyl halides is 3. The van der Waals surface area contributed by atoms with Gasteiger partial charge in [0.2, 0.25) is 15.9 Å². The number of carbonyl (C=O) groups is 1. The number of hydrogen-bond donors (Lipinski definition) is 0. The molecule has 1 aliphatic heterocycles. The number of sulfonamides is 1. The molecule has 1 amide bonds. The molecule has 1 saturated heterocycles. The third-order valence-corrected chi connectivity index (χ3v) is 6.65. The van der Waals surface area contributed by atoms with E-state index in [1.165, 1.54) is 41.3 Å². The van der Waals surface area contributed by atoms with E-state index in [1.807, 2.05) is 4.90 Å². The Morgan fingerprint density at radius 2 is 1.54 bits per heavy atom. The van der Waals surface area contributed by atoms with Crippen LogP contribution in [-0.2, 0) is 25.7 Å². The van der Waals surface area contributed by atoms with E-state index in [0.29, 0.717) is 37.7 Å². The molecule has 3 rings (SSSR count). The van der Waals surface area contributed by atoms with E-state index in [9.17, 15) is 26.4 Å². The van der Waals surface area contributed by atoms with Crippen LogP contribution in [0.15, 0.2) is 48.5 Å². The Balaban J connectivity index is 1.80. The van der Waals surface area contributed by atoms with Gasteiger partial charge in [-0.3, -0.25) is 14.0 Å². The summed E-state index contributed by atoms with van der Waals surface area (Å²) in [6.45, 7) is 1.82. The van der Waals surface area contributed by atoms with Gasteiger partial charge in [-0.25, -0.2) is 8.42 Å². The van der Waals surface area contributed by atoms with Crippen molar-refractivity contribution in [3.05, 3.63) is 54.1 Å². The maximum absolute atomic E-state index is 12.9. The molecule has 0 aromatic heterocycles. The fraction of sp³-hybridized carbons (Fsp3) is 0.435. The van der Waals surface area contributed by atoms with Crippen LogP contribution < -0.4 is 9.04 Å². The van der Waals surface area contributed by atoms with Crippen LogP contribution in [0.4, 0.5) is 18.9 Å². The number of amides is 1. The second-order valence-corrected chi connectivity index (χ2v) is 10.2. The Bertz CT molecular complexity index is 1100. The largest absolute Gasteiger partial charge is 0.457 e. The van der Waals surface area contributed by atoms with E-state index in [-0.39, 0.29) is 18.2 Å². The molecule has 0 N–H and O–H groups in total. The van der Waals surface area contributed by atoms with Gasteiger partial charge >= 0.3 is 6.18 Å². The van der Waals surface area contributed by atoms with Crippen molar-refractivity contribution >= 4 is 21.6 Å². The third kappa shape index (κ3) is 7.09. The lowest BCUT2D eigenvalue weighted by molar-refractivity contribution is -0.137. The molecule has 1 heterocycles. The summed E-state index contributed by atoms with van der Waals surface area (Å²) in [7, 11) is -0.506. The number of ether oxygens (including phenoxy) is 2. The normalized spacial score (nSPS) is 15.9. The summed E-state index contributed by atoms with van der Waals surface area (Å²) in [5.74, 6) is 0.300. The van der Waals surface area contributed by atoms with Crippen LogP contribution in [-0.4, -0.2) is 83.4 Å². The van der Waals surface area contributed by atoms with Gasteiger partial charge in [0, 0.05) is 27.2 Å². The van der Waals surface area contributed by atoms with E-state index >= 15 is 0 Å². The van der Waals surface area contributed by atoms with Crippen molar-refractivity contribution in [2.24, 2.45) is 0 Å². The first-order valence-electron chi connectivity index (χ1n) is 10.8. The highest BCUT2D eigenvalue weighted by atomic mass is 32.2. The van der Waals surface area contributed by atoms with Crippen molar-refractivity contribution in [2.45, 2.75) is 12.2 Å². The SMILES string of the molecule is CN(C)C(=O)[C@H](CN(c1ccc(Oc2ccc(C(F)(F)F)cc2)cc1)S(C)(=O)=O)N1CCOCC1. The van der Waals surface area contributed by atoms with Crippen molar-refractivity contribution in [3.63, 3.8) is 0 Å². The van der Waals surface area contributed by atoms with E-state index in [1.54, 1.807) is 14.1 Å².